The van der Waals surface area contributed by atoms with Crippen LogP contribution >= 0.6 is 0 Å². The third kappa shape index (κ3) is 6.14. The van der Waals surface area contributed by atoms with Crippen LogP contribution in [0.2, 0.25) is 0 Å². The summed E-state index contributed by atoms with van der Waals surface area (Å²) in [4.78, 5) is 0. The van der Waals surface area contributed by atoms with Gasteiger partial charge in [0, 0.05) is 17.7 Å². The van der Waals surface area contributed by atoms with Gasteiger partial charge in [-0.25, -0.2) is 4.39 Å². The van der Waals surface area contributed by atoms with E-state index in [1.165, 1.54) is 6.07 Å². The first kappa shape index (κ1) is 23.4. The molecule has 1 N–H and O–H groups in total. The van der Waals surface area contributed by atoms with E-state index in [4.69, 9.17) is 18.9 Å². The minimum atomic E-state index is -0.281. The number of methoxy groups -OCH3 is 2. The number of para-hydroxylation sites is 1. The SMILES string of the molecule is CCOc1cccc(CNCCc2ccc(OC)c(OC)c2)c1OCc1ccccc1F. The Morgan fingerprint density at radius 3 is 2.34 bits per heavy atom. The number of halogens is 1. The molecule has 170 valence electrons. The number of ether oxygens (including phenoxy) is 4. The summed E-state index contributed by atoms with van der Waals surface area (Å²) >= 11 is 0. The van der Waals surface area contributed by atoms with Crippen molar-refractivity contribution in [1.29, 1.82) is 0 Å². The number of hydrogen-bond acceptors (Lipinski definition) is 5. The van der Waals surface area contributed by atoms with E-state index in [0.717, 1.165) is 29.8 Å². The summed E-state index contributed by atoms with van der Waals surface area (Å²) in [5.41, 5.74) is 2.61. The van der Waals surface area contributed by atoms with E-state index in [1.807, 2.05) is 43.3 Å². The molecule has 0 aliphatic carbocycles. The molecule has 0 amide bonds. The molecule has 0 unspecified atom stereocenters. The Kier molecular flexibility index (Phi) is 8.75. The Hall–Kier alpha value is -3.25. The fourth-order valence-corrected chi connectivity index (χ4v) is 3.39. The molecular formula is C26H30FNO4. The molecule has 0 saturated heterocycles. The van der Waals surface area contributed by atoms with Gasteiger partial charge in [0.05, 0.1) is 20.8 Å². The van der Waals surface area contributed by atoms with Crippen LogP contribution in [0, 0.1) is 5.82 Å². The number of nitrogens with one attached hydrogen (secondary N) is 1. The molecule has 0 saturated carbocycles. The van der Waals surface area contributed by atoms with Crippen LogP contribution in [0.1, 0.15) is 23.6 Å². The second kappa shape index (κ2) is 12.0. The average Bonchev–Trinajstić information content (AvgIpc) is 2.82. The zero-order valence-electron chi connectivity index (χ0n) is 18.8. The molecule has 0 aliphatic heterocycles. The van der Waals surface area contributed by atoms with Crippen LogP contribution in [0.15, 0.2) is 60.7 Å². The summed E-state index contributed by atoms with van der Waals surface area (Å²) in [5.74, 6) is 2.45. The molecule has 6 heteroatoms. The van der Waals surface area contributed by atoms with Crippen LogP contribution in [-0.4, -0.2) is 27.4 Å². The van der Waals surface area contributed by atoms with Gasteiger partial charge in [0.2, 0.25) is 0 Å². The van der Waals surface area contributed by atoms with E-state index in [1.54, 1.807) is 32.4 Å². The maximum atomic E-state index is 14.0. The molecule has 0 atom stereocenters. The summed E-state index contributed by atoms with van der Waals surface area (Å²) < 4.78 is 36.4. The highest BCUT2D eigenvalue weighted by molar-refractivity contribution is 5.47. The van der Waals surface area contributed by atoms with Crippen molar-refractivity contribution >= 4 is 0 Å². The molecule has 0 heterocycles. The predicted octanol–water partition coefficient (Wildman–Crippen LogP) is 5.15. The smallest absolute Gasteiger partial charge is 0.166 e. The molecule has 0 radical (unpaired) electrons. The minimum Gasteiger partial charge on any atom is -0.493 e. The molecule has 3 aromatic carbocycles. The van der Waals surface area contributed by atoms with Gasteiger partial charge in [-0.2, -0.15) is 0 Å². The Bertz CT molecular complexity index is 1010. The maximum absolute atomic E-state index is 14.0. The summed E-state index contributed by atoms with van der Waals surface area (Å²) in [5, 5.41) is 3.45. The molecule has 3 aromatic rings. The Morgan fingerprint density at radius 1 is 0.812 bits per heavy atom. The van der Waals surface area contributed by atoms with Crippen LogP contribution in [-0.2, 0) is 19.6 Å². The minimum absolute atomic E-state index is 0.134. The van der Waals surface area contributed by atoms with Gasteiger partial charge in [0.1, 0.15) is 12.4 Å². The zero-order valence-corrected chi connectivity index (χ0v) is 18.8. The molecule has 0 aromatic heterocycles. The van der Waals surface area contributed by atoms with Crippen LogP contribution < -0.4 is 24.3 Å². The van der Waals surface area contributed by atoms with Crippen molar-refractivity contribution in [3.05, 3.63) is 83.2 Å². The number of benzene rings is 3. The topological polar surface area (TPSA) is 49.0 Å². The largest absolute Gasteiger partial charge is 0.493 e. The van der Waals surface area contributed by atoms with Gasteiger partial charge in [-0.1, -0.05) is 36.4 Å². The van der Waals surface area contributed by atoms with Gasteiger partial charge < -0.3 is 24.3 Å². The Balaban J connectivity index is 1.64. The Labute approximate surface area is 189 Å². The lowest BCUT2D eigenvalue weighted by molar-refractivity contribution is 0.262. The fraction of sp³-hybridized carbons (Fsp3) is 0.308. The van der Waals surface area contributed by atoms with Crippen molar-refractivity contribution in [2.24, 2.45) is 0 Å². The quantitative estimate of drug-likeness (QED) is 0.396. The number of rotatable bonds is 12. The van der Waals surface area contributed by atoms with E-state index in [-0.39, 0.29) is 12.4 Å². The number of hydrogen-bond donors (Lipinski definition) is 1. The summed E-state index contributed by atoms with van der Waals surface area (Å²) in [7, 11) is 3.26. The predicted molar refractivity (Wildman–Crippen MR) is 123 cm³/mol. The highest BCUT2D eigenvalue weighted by Gasteiger charge is 2.13. The van der Waals surface area contributed by atoms with Crippen molar-refractivity contribution in [2.75, 3.05) is 27.4 Å². The van der Waals surface area contributed by atoms with Crippen molar-refractivity contribution < 1.29 is 23.3 Å². The second-order valence-electron chi connectivity index (χ2n) is 7.17. The van der Waals surface area contributed by atoms with E-state index < -0.39 is 0 Å². The van der Waals surface area contributed by atoms with Crippen LogP contribution in [0.3, 0.4) is 0 Å². The zero-order chi connectivity index (χ0) is 22.8. The average molecular weight is 440 g/mol. The first-order valence-corrected chi connectivity index (χ1v) is 10.7. The molecule has 5 nitrogen and oxygen atoms in total. The van der Waals surface area contributed by atoms with Gasteiger partial charge in [0.25, 0.3) is 0 Å². The van der Waals surface area contributed by atoms with Crippen molar-refractivity contribution in [2.45, 2.75) is 26.5 Å². The summed E-state index contributed by atoms with van der Waals surface area (Å²) in [6.07, 6.45) is 0.830. The van der Waals surface area contributed by atoms with Gasteiger partial charge >= 0.3 is 0 Å². The van der Waals surface area contributed by atoms with Crippen molar-refractivity contribution in [3.63, 3.8) is 0 Å². The van der Waals surface area contributed by atoms with Gasteiger partial charge in [0.15, 0.2) is 23.0 Å². The van der Waals surface area contributed by atoms with E-state index in [9.17, 15) is 4.39 Å². The lowest BCUT2D eigenvalue weighted by atomic mass is 10.1. The molecule has 0 aliphatic rings. The maximum Gasteiger partial charge on any atom is 0.166 e. The summed E-state index contributed by atoms with van der Waals surface area (Å²) in [6, 6.07) is 18.3. The van der Waals surface area contributed by atoms with Crippen molar-refractivity contribution in [3.8, 4) is 23.0 Å². The molecule has 0 bridgehead atoms. The van der Waals surface area contributed by atoms with E-state index in [2.05, 4.69) is 5.32 Å². The van der Waals surface area contributed by atoms with Gasteiger partial charge in [-0.05, 0) is 49.7 Å². The van der Waals surface area contributed by atoms with Gasteiger partial charge in [-0.3, -0.25) is 0 Å². The molecule has 0 fully saturated rings. The Morgan fingerprint density at radius 2 is 1.59 bits per heavy atom. The first-order chi connectivity index (χ1) is 15.7. The monoisotopic (exact) mass is 439 g/mol. The summed E-state index contributed by atoms with van der Waals surface area (Å²) in [6.45, 7) is 3.94. The van der Waals surface area contributed by atoms with E-state index >= 15 is 0 Å². The molecular weight excluding hydrogens is 409 g/mol. The molecule has 0 spiro atoms. The second-order valence-corrected chi connectivity index (χ2v) is 7.17. The van der Waals surface area contributed by atoms with Crippen LogP contribution in [0.4, 0.5) is 4.39 Å². The molecule has 32 heavy (non-hydrogen) atoms. The first-order valence-electron chi connectivity index (χ1n) is 10.7. The van der Waals surface area contributed by atoms with Gasteiger partial charge in [-0.15, -0.1) is 0 Å². The fourth-order valence-electron chi connectivity index (χ4n) is 3.39. The third-order valence-corrected chi connectivity index (χ3v) is 5.04. The highest BCUT2D eigenvalue weighted by atomic mass is 19.1. The lowest BCUT2D eigenvalue weighted by Gasteiger charge is -2.17. The standard InChI is InChI=1S/C26H30FNO4/c1-4-31-24-11-7-9-20(26(24)32-18-21-8-5-6-10-22(21)27)17-28-15-14-19-12-13-23(29-2)25(16-19)30-3/h5-13,16,28H,4,14-15,17-18H2,1-3H3. The third-order valence-electron chi connectivity index (χ3n) is 5.04. The van der Waals surface area contributed by atoms with Crippen LogP contribution in [0.25, 0.3) is 0 Å². The molecule has 3 rings (SSSR count). The highest BCUT2D eigenvalue weighted by Crippen LogP contribution is 2.32. The van der Waals surface area contributed by atoms with Crippen molar-refractivity contribution in [1.82, 2.24) is 5.32 Å². The lowest BCUT2D eigenvalue weighted by Crippen LogP contribution is -2.17. The van der Waals surface area contributed by atoms with Crippen LogP contribution in [0.5, 0.6) is 23.0 Å². The van der Waals surface area contributed by atoms with E-state index in [0.29, 0.717) is 36.0 Å². The normalized spacial score (nSPS) is 10.6.